The average molecular weight is 284 g/mol. The first-order valence-corrected chi connectivity index (χ1v) is 7.35. The molecule has 1 aromatic carbocycles. The van der Waals surface area contributed by atoms with Gasteiger partial charge in [0, 0.05) is 10.0 Å². The van der Waals surface area contributed by atoms with Crippen LogP contribution in [0.1, 0.15) is 44.2 Å². The van der Waals surface area contributed by atoms with E-state index in [0.717, 1.165) is 23.6 Å². The fraction of sp³-hybridized carbons (Fsp3) is 0.467. The van der Waals surface area contributed by atoms with Crippen LogP contribution in [-0.2, 0) is 0 Å². The van der Waals surface area contributed by atoms with Crippen LogP contribution in [0, 0.1) is 0 Å². The van der Waals surface area contributed by atoms with Gasteiger partial charge in [-0.25, -0.2) is 0 Å². The third-order valence-electron chi connectivity index (χ3n) is 3.38. The van der Waals surface area contributed by atoms with E-state index in [1.807, 2.05) is 18.2 Å². The summed E-state index contributed by atoms with van der Waals surface area (Å²) in [6.45, 7) is 3.06. The van der Waals surface area contributed by atoms with Crippen LogP contribution < -0.4 is 5.32 Å². The molecule has 2 rings (SSSR count). The Morgan fingerprint density at radius 1 is 1.28 bits per heavy atom. The van der Waals surface area contributed by atoms with E-state index in [1.54, 1.807) is 0 Å². The molecule has 1 aliphatic rings. The van der Waals surface area contributed by atoms with Gasteiger partial charge in [0.15, 0.2) is 0 Å². The fourth-order valence-electron chi connectivity index (χ4n) is 2.51. The molecule has 18 heavy (non-hydrogen) atoms. The van der Waals surface area contributed by atoms with Crippen molar-refractivity contribution in [1.82, 2.24) is 5.32 Å². The van der Waals surface area contributed by atoms with Crippen LogP contribution in [0.15, 0.2) is 29.8 Å². The molecule has 1 nitrogen and oxygen atoms in total. The highest BCUT2D eigenvalue weighted by Crippen LogP contribution is 2.34. The lowest BCUT2D eigenvalue weighted by molar-refractivity contribution is 0.564. The largest absolute Gasteiger partial charge is 0.307 e. The van der Waals surface area contributed by atoms with Crippen molar-refractivity contribution in [2.45, 2.75) is 38.6 Å². The quantitative estimate of drug-likeness (QED) is 0.754. The molecular weight excluding hydrogens is 265 g/mol. The van der Waals surface area contributed by atoms with Crippen LogP contribution in [-0.4, -0.2) is 6.54 Å². The Hall–Kier alpha value is -0.500. The Balaban J connectivity index is 2.31. The summed E-state index contributed by atoms with van der Waals surface area (Å²) in [6, 6.07) is 6.01. The fourth-order valence-corrected chi connectivity index (χ4v) is 3.02. The van der Waals surface area contributed by atoms with Gasteiger partial charge in [-0.3, -0.25) is 0 Å². The topological polar surface area (TPSA) is 12.0 Å². The molecule has 3 heteroatoms. The van der Waals surface area contributed by atoms with Crippen molar-refractivity contribution in [2.24, 2.45) is 0 Å². The maximum absolute atomic E-state index is 6.33. The summed E-state index contributed by atoms with van der Waals surface area (Å²) in [5.74, 6) is 0. The molecule has 0 saturated heterocycles. The van der Waals surface area contributed by atoms with Crippen molar-refractivity contribution in [2.75, 3.05) is 6.54 Å². The van der Waals surface area contributed by atoms with Crippen molar-refractivity contribution in [3.8, 4) is 0 Å². The molecule has 0 aromatic heterocycles. The number of rotatable bonds is 4. The monoisotopic (exact) mass is 283 g/mol. The summed E-state index contributed by atoms with van der Waals surface area (Å²) >= 11 is 12.3. The second-order valence-corrected chi connectivity index (χ2v) is 5.52. The van der Waals surface area contributed by atoms with E-state index in [0.29, 0.717) is 5.02 Å². The number of hydrogen-bond donors (Lipinski definition) is 1. The highest BCUT2D eigenvalue weighted by molar-refractivity contribution is 6.35. The minimum absolute atomic E-state index is 0.236. The van der Waals surface area contributed by atoms with Crippen LogP contribution in [0.4, 0.5) is 0 Å². The first-order valence-electron chi connectivity index (χ1n) is 6.59. The van der Waals surface area contributed by atoms with Gasteiger partial charge in [0.1, 0.15) is 0 Å². The zero-order chi connectivity index (χ0) is 13.0. The zero-order valence-corrected chi connectivity index (χ0v) is 12.2. The summed E-state index contributed by atoms with van der Waals surface area (Å²) in [6.07, 6.45) is 7.29. The number of nitrogens with one attached hydrogen (secondary N) is 1. The van der Waals surface area contributed by atoms with E-state index >= 15 is 0 Å². The predicted octanol–water partition coefficient (Wildman–Crippen LogP) is 5.14. The van der Waals surface area contributed by atoms with Crippen LogP contribution in [0.5, 0.6) is 0 Å². The summed E-state index contributed by atoms with van der Waals surface area (Å²) in [4.78, 5) is 0. The minimum atomic E-state index is 0.236. The highest BCUT2D eigenvalue weighted by Gasteiger charge is 2.19. The van der Waals surface area contributed by atoms with Crippen LogP contribution >= 0.6 is 23.2 Å². The molecule has 0 spiro atoms. The summed E-state index contributed by atoms with van der Waals surface area (Å²) in [5, 5.41) is 4.97. The van der Waals surface area contributed by atoms with E-state index in [-0.39, 0.29) is 6.04 Å². The average Bonchev–Trinajstić information content (AvgIpc) is 2.38. The van der Waals surface area contributed by atoms with Gasteiger partial charge < -0.3 is 5.32 Å². The molecule has 0 bridgehead atoms. The number of likely N-dealkylation sites (N-methyl/N-ethyl adjacent to an activating group) is 1. The normalized spacial score (nSPS) is 17.4. The molecule has 0 saturated carbocycles. The van der Waals surface area contributed by atoms with Gasteiger partial charge in [-0.05, 0) is 49.9 Å². The Bertz CT molecular complexity index is 440. The van der Waals surface area contributed by atoms with Gasteiger partial charge in [0.25, 0.3) is 0 Å². The van der Waals surface area contributed by atoms with Gasteiger partial charge in [0.05, 0.1) is 6.04 Å². The van der Waals surface area contributed by atoms with Gasteiger partial charge in [-0.1, -0.05) is 47.8 Å². The number of benzene rings is 1. The molecule has 1 aliphatic carbocycles. The van der Waals surface area contributed by atoms with Gasteiger partial charge in [0.2, 0.25) is 0 Å². The molecule has 0 heterocycles. The van der Waals surface area contributed by atoms with Crippen LogP contribution in [0.2, 0.25) is 10.0 Å². The molecule has 0 amide bonds. The lowest BCUT2D eigenvalue weighted by Gasteiger charge is -2.25. The first kappa shape index (κ1) is 13.9. The standard InChI is InChI=1S/C15H19Cl2N/c1-2-18-15(11-6-4-3-5-7-11)13-9-8-12(16)10-14(13)17/h6,8-10,15,18H,2-5,7H2,1H3. The number of allylic oxidation sites excluding steroid dienone is 1. The predicted molar refractivity (Wildman–Crippen MR) is 79.4 cm³/mol. The van der Waals surface area contributed by atoms with Gasteiger partial charge in [-0.2, -0.15) is 0 Å². The summed E-state index contributed by atoms with van der Waals surface area (Å²) < 4.78 is 0. The van der Waals surface area contributed by atoms with Gasteiger partial charge >= 0.3 is 0 Å². The van der Waals surface area contributed by atoms with Crippen LogP contribution in [0.3, 0.4) is 0 Å². The van der Waals surface area contributed by atoms with E-state index < -0.39 is 0 Å². The third-order valence-corrected chi connectivity index (χ3v) is 3.94. The first-order chi connectivity index (χ1) is 8.72. The molecule has 0 aliphatic heterocycles. The van der Waals surface area contributed by atoms with Gasteiger partial charge in [-0.15, -0.1) is 0 Å². The molecule has 0 fully saturated rings. The Labute approximate surface area is 119 Å². The summed E-state index contributed by atoms with van der Waals surface area (Å²) in [7, 11) is 0. The highest BCUT2D eigenvalue weighted by atomic mass is 35.5. The van der Waals surface area contributed by atoms with Crippen molar-refractivity contribution in [3.05, 3.63) is 45.5 Å². The molecule has 1 atom stereocenters. The molecular formula is C15H19Cl2N. The Morgan fingerprint density at radius 2 is 2.11 bits per heavy atom. The van der Waals surface area contributed by atoms with Crippen molar-refractivity contribution >= 4 is 23.2 Å². The van der Waals surface area contributed by atoms with E-state index in [4.69, 9.17) is 23.2 Å². The Kier molecular flexibility index (Phi) is 5.11. The SMILES string of the molecule is CCNC(C1=CCCCC1)c1ccc(Cl)cc1Cl. The molecule has 1 aromatic rings. The Morgan fingerprint density at radius 3 is 2.72 bits per heavy atom. The smallest absolute Gasteiger partial charge is 0.0550 e. The van der Waals surface area contributed by atoms with E-state index in [1.165, 1.54) is 24.8 Å². The lowest BCUT2D eigenvalue weighted by atomic mass is 9.90. The molecule has 1 N–H and O–H groups in total. The second kappa shape index (κ2) is 6.60. The van der Waals surface area contributed by atoms with Crippen molar-refractivity contribution in [1.29, 1.82) is 0 Å². The zero-order valence-electron chi connectivity index (χ0n) is 10.7. The maximum Gasteiger partial charge on any atom is 0.0550 e. The lowest BCUT2D eigenvalue weighted by Crippen LogP contribution is -2.24. The van der Waals surface area contributed by atoms with E-state index in [9.17, 15) is 0 Å². The van der Waals surface area contributed by atoms with Crippen molar-refractivity contribution < 1.29 is 0 Å². The minimum Gasteiger partial charge on any atom is -0.307 e. The maximum atomic E-state index is 6.33. The number of hydrogen-bond acceptors (Lipinski definition) is 1. The third kappa shape index (κ3) is 3.28. The molecule has 1 unspecified atom stereocenters. The molecule has 98 valence electrons. The second-order valence-electron chi connectivity index (χ2n) is 4.68. The summed E-state index contributed by atoms with van der Waals surface area (Å²) in [5.41, 5.74) is 2.60. The van der Waals surface area contributed by atoms with Crippen molar-refractivity contribution in [3.63, 3.8) is 0 Å². The van der Waals surface area contributed by atoms with E-state index in [2.05, 4.69) is 18.3 Å². The molecule has 0 radical (unpaired) electrons. The van der Waals surface area contributed by atoms with Crippen LogP contribution in [0.25, 0.3) is 0 Å². The number of halogens is 2.